The minimum absolute atomic E-state index is 0.0160. The Balaban J connectivity index is 1.80. The van der Waals surface area contributed by atoms with Gasteiger partial charge in [-0.05, 0) is 31.9 Å². The number of thiazole rings is 1. The number of rotatable bonds is 4. The number of halogens is 2. The number of nitrogens with one attached hydrogen (secondary N) is 1. The molecule has 1 aliphatic rings. The number of hydrogen-bond donors (Lipinski definition) is 1. The third kappa shape index (κ3) is 3.14. The minimum atomic E-state index is -0.556. The van der Waals surface area contributed by atoms with Crippen molar-refractivity contribution in [3.63, 3.8) is 0 Å². The highest BCUT2D eigenvalue weighted by Gasteiger charge is 2.18. The first-order chi connectivity index (χ1) is 10.1. The fourth-order valence-corrected chi connectivity index (χ4v) is 3.83. The van der Waals surface area contributed by atoms with Crippen molar-refractivity contribution in [2.45, 2.75) is 45.2 Å². The van der Waals surface area contributed by atoms with Crippen LogP contribution in [-0.4, -0.2) is 11.0 Å². The Labute approximate surface area is 127 Å². The predicted molar refractivity (Wildman–Crippen MR) is 81.3 cm³/mol. The van der Waals surface area contributed by atoms with Crippen LogP contribution < -0.4 is 5.32 Å². The van der Waals surface area contributed by atoms with E-state index in [1.165, 1.54) is 55.2 Å². The summed E-state index contributed by atoms with van der Waals surface area (Å²) in [4.78, 5) is 5.40. The van der Waals surface area contributed by atoms with Crippen LogP contribution in [0.5, 0.6) is 0 Å². The number of nitrogens with zero attached hydrogens (tertiary/aromatic N) is 1. The molecule has 1 saturated carbocycles. The van der Waals surface area contributed by atoms with Gasteiger partial charge >= 0.3 is 0 Å². The van der Waals surface area contributed by atoms with Crippen molar-refractivity contribution < 1.29 is 8.78 Å². The molecule has 1 fully saturated rings. The van der Waals surface area contributed by atoms with E-state index in [1.807, 2.05) is 6.92 Å². The van der Waals surface area contributed by atoms with Crippen molar-refractivity contribution in [1.82, 2.24) is 10.3 Å². The van der Waals surface area contributed by atoms with Gasteiger partial charge in [-0.15, -0.1) is 11.3 Å². The average Bonchev–Trinajstić information content (AvgIpc) is 3.06. The molecular weight excluding hydrogens is 290 g/mol. The van der Waals surface area contributed by atoms with Crippen LogP contribution in [0.2, 0.25) is 0 Å². The summed E-state index contributed by atoms with van der Waals surface area (Å²) in [6.07, 6.45) is 5.00. The minimum Gasteiger partial charge on any atom is -0.309 e. The Morgan fingerprint density at radius 3 is 2.57 bits per heavy atom. The van der Waals surface area contributed by atoms with Crippen LogP contribution in [0.25, 0.3) is 10.6 Å². The lowest BCUT2D eigenvalue weighted by molar-refractivity contribution is 0.526. The Morgan fingerprint density at radius 2 is 1.90 bits per heavy atom. The van der Waals surface area contributed by atoms with E-state index in [2.05, 4.69) is 10.3 Å². The third-order valence-corrected chi connectivity index (χ3v) is 5.15. The molecule has 21 heavy (non-hydrogen) atoms. The summed E-state index contributed by atoms with van der Waals surface area (Å²) in [6.45, 7) is 2.62. The molecule has 0 unspecified atom stereocenters. The van der Waals surface area contributed by atoms with Crippen molar-refractivity contribution in [3.05, 3.63) is 40.4 Å². The number of aromatic nitrogens is 1. The Kier molecular flexibility index (Phi) is 4.31. The molecule has 3 rings (SSSR count). The van der Waals surface area contributed by atoms with Gasteiger partial charge < -0.3 is 5.32 Å². The van der Waals surface area contributed by atoms with Gasteiger partial charge in [0.15, 0.2) is 0 Å². The standard InChI is InChI=1S/C16H18F2N2S/c1-10-14(9-19-11-5-2-3-6-11)21-16(20-10)15-12(17)7-4-8-13(15)18/h4,7-8,11,19H,2-3,5-6,9H2,1H3. The quantitative estimate of drug-likeness (QED) is 0.904. The maximum atomic E-state index is 13.8. The van der Waals surface area contributed by atoms with Crippen LogP contribution in [0.4, 0.5) is 8.78 Å². The summed E-state index contributed by atoms with van der Waals surface area (Å²) in [5.74, 6) is -1.11. The monoisotopic (exact) mass is 308 g/mol. The van der Waals surface area contributed by atoms with E-state index in [-0.39, 0.29) is 5.56 Å². The smallest absolute Gasteiger partial charge is 0.136 e. The van der Waals surface area contributed by atoms with Gasteiger partial charge in [-0.3, -0.25) is 0 Å². The topological polar surface area (TPSA) is 24.9 Å². The number of aryl methyl sites for hydroxylation is 1. The van der Waals surface area contributed by atoms with Gasteiger partial charge in [-0.2, -0.15) is 0 Å². The molecule has 2 aromatic rings. The van der Waals surface area contributed by atoms with Crippen LogP contribution in [0.15, 0.2) is 18.2 Å². The van der Waals surface area contributed by atoms with Crippen LogP contribution >= 0.6 is 11.3 Å². The number of benzene rings is 1. The van der Waals surface area contributed by atoms with Crippen molar-refractivity contribution in [2.24, 2.45) is 0 Å². The fourth-order valence-electron chi connectivity index (χ4n) is 2.77. The number of hydrogen-bond acceptors (Lipinski definition) is 3. The summed E-state index contributed by atoms with van der Waals surface area (Å²) in [7, 11) is 0. The van der Waals surface area contributed by atoms with Crippen LogP contribution in [0.1, 0.15) is 36.3 Å². The van der Waals surface area contributed by atoms with Gasteiger partial charge in [-0.25, -0.2) is 13.8 Å². The highest BCUT2D eigenvalue weighted by atomic mass is 32.1. The Morgan fingerprint density at radius 1 is 1.24 bits per heavy atom. The molecule has 0 amide bonds. The first-order valence-electron chi connectivity index (χ1n) is 7.29. The molecule has 112 valence electrons. The van der Waals surface area contributed by atoms with Gasteiger partial charge in [0.1, 0.15) is 16.6 Å². The molecule has 0 bridgehead atoms. The first-order valence-corrected chi connectivity index (χ1v) is 8.11. The lowest BCUT2D eigenvalue weighted by Gasteiger charge is -2.10. The zero-order valence-electron chi connectivity index (χ0n) is 12.0. The van der Waals surface area contributed by atoms with E-state index in [0.717, 1.165) is 17.1 Å². The second kappa shape index (κ2) is 6.20. The third-order valence-electron chi connectivity index (χ3n) is 3.98. The maximum Gasteiger partial charge on any atom is 0.136 e. The van der Waals surface area contributed by atoms with Crippen molar-refractivity contribution >= 4 is 11.3 Å². The molecule has 0 atom stereocenters. The molecule has 0 saturated heterocycles. The fraction of sp³-hybridized carbons (Fsp3) is 0.438. The van der Waals surface area contributed by atoms with E-state index in [1.54, 1.807) is 0 Å². The van der Waals surface area contributed by atoms with E-state index in [0.29, 0.717) is 11.0 Å². The van der Waals surface area contributed by atoms with E-state index >= 15 is 0 Å². The zero-order chi connectivity index (χ0) is 14.8. The van der Waals surface area contributed by atoms with Gasteiger partial charge in [-0.1, -0.05) is 18.9 Å². The predicted octanol–water partition coefficient (Wildman–Crippen LogP) is 4.43. The molecule has 1 heterocycles. The molecule has 0 aliphatic heterocycles. The molecule has 0 spiro atoms. The van der Waals surface area contributed by atoms with E-state index in [9.17, 15) is 8.78 Å². The summed E-state index contributed by atoms with van der Waals surface area (Å²) in [5, 5.41) is 3.94. The van der Waals surface area contributed by atoms with Gasteiger partial charge in [0.2, 0.25) is 0 Å². The van der Waals surface area contributed by atoms with Crippen molar-refractivity contribution in [1.29, 1.82) is 0 Å². The molecular formula is C16H18F2N2S. The Bertz CT molecular complexity index is 613. The lowest BCUT2D eigenvalue weighted by atomic mass is 10.2. The average molecular weight is 308 g/mol. The van der Waals surface area contributed by atoms with E-state index in [4.69, 9.17) is 0 Å². The molecule has 1 aliphatic carbocycles. The normalized spacial score (nSPS) is 15.8. The highest BCUT2D eigenvalue weighted by molar-refractivity contribution is 7.15. The summed E-state index contributed by atoms with van der Waals surface area (Å²) >= 11 is 1.37. The zero-order valence-corrected chi connectivity index (χ0v) is 12.8. The Hall–Kier alpha value is -1.33. The SMILES string of the molecule is Cc1nc(-c2c(F)cccc2F)sc1CNC1CCCC1. The van der Waals surface area contributed by atoms with Crippen molar-refractivity contribution in [3.8, 4) is 10.6 Å². The first kappa shape index (κ1) is 14.6. The summed E-state index contributed by atoms with van der Waals surface area (Å²) in [5.41, 5.74) is 0.834. The maximum absolute atomic E-state index is 13.8. The van der Waals surface area contributed by atoms with Gasteiger partial charge in [0.25, 0.3) is 0 Å². The lowest BCUT2D eigenvalue weighted by Crippen LogP contribution is -2.25. The summed E-state index contributed by atoms with van der Waals surface area (Å²) < 4.78 is 27.6. The molecule has 0 radical (unpaired) electrons. The largest absolute Gasteiger partial charge is 0.309 e. The van der Waals surface area contributed by atoms with Crippen LogP contribution in [0, 0.1) is 18.6 Å². The van der Waals surface area contributed by atoms with Crippen molar-refractivity contribution in [2.75, 3.05) is 0 Å². The summed E-state index contributed by atoms with van der Waals surface area (Å²) in [6, 6.07) is 4.48. The molecule has 2 nitrogen and oxygen atoms in total. The second-order valence-corrected chi connectivity index (χ2v) is 6.57. The molecule has 1 N–H and O–H groups in total. The van der Waals surface area contributed by atoms with E-state index < -0.39 is 11.6 Å². The second-order valence-electron chi connectivity index (χ2n) is 5.49. The highest BCUT2D eigenvalue weighted by Crippen LogP contribution is 2.32. The van der Waals surface area contributed by atoms with Gasteiger partial charge in [0.05, 0.1) is 11.3 Å². The molecule has 1 aromatic heterocycles. The van der Waals surface area contributed by atoms with Crippen LogP contribution in [0.3, 0.4) is 0 Å². The molecule has 5 heteroatoms. The van der Waals surface area contributed by atoms with Gasteiger partial charge in [0, 0.05) is 17.5 Å². The molecule has 1 aromatic carbocycles. The van der Waals surface area contributed by atoms with Crippen LogP contribution in [-0.2, 0) is 6.54 Å².